The largest absolute Gasteiger partial charge is 0.356 e. The molecule has 1 aliphatic heterocycles. The molecule has 3 rings (SSSR count). The van der Waals surface area contributed by atoms with Gasteiger partial charge in [0.2, 0.25) is 5.91 Å². The van der Waals surface area contributed by atoms with Crippen molar-refractivity contribution in [1.82, 2.24) is 14.8 Å². The minimum atomic E-state index is -0.317. The average molecular weight is 385 g/mol. The maximum absolute atomic E-state index is 14.3. The third kappa shape index (κ3) is 3.96. The Balaban J connectivity index is 1.74. The van der Waals surface area contributed by atoms with Crippen LogP contribution in [0.3, 0.4) is 0 Å². The maximum Gasteiger partial charge on any atom is 0.255 e. The van der Waals surface area contributed by atoms with Gasteiger partial charge in [0.1, 0.15) is 5.82 Å². The molecule has 1 fully saturated rings. The number of aryl methyl sites for hydroxylation is 1. The quantitative estimate of drug-likeness (QED) is 0.855. The molecule has 5 nitrogen and oxygen atoms in total. The second-order valence-electron chi connectivity index (χ2n) is 7.43. The highest BCUT2D eigenvalue weighted by molar-refractivity contribution is 5.96. The van der Waals surface area contributed by atoms with Crippen LogP contribution < -0.4 is 5.32 Å². The minimum Gasteiger partial charge on any atom is -0.356 e. The van der Waals surface area contributed by atoms with Gasteiger partial charge in [-0.1, -0.05) is 19.1 Å². The summed E-state index contributed by atoms with van der Waals surface area (Å²) in [5.41, 5.74) is 2.59. The van der Waals surface area contributed by atoms with Gasteiger partial charge in [-0.2, -0.15) is 0 Å². The number of halogens is 1. The molecule has 0 bridgehead atoms. The molecule has 0 radical (unpaired) electrons. The number of likely N-dealkylation sites (tertiary alicyclic amines) is 1. The normalized spacial score (nSPS) is 14.9. The van der Waals surface area contributed by atoms with Crippen molar-refractivity contribution >= 4 is 11.8 Å². The van der Waals surface area contributed by atoms with Crippen LogP contribution in [-0.2, 0) is 4.79 Å². The summed E-state index contributed by atoms with van der Waals surface area (Å²) in [6, 6.07) is 8.39. The summed E-state index contributed by atoms with van der Waals surface area (Å²) in [5.74, 6) is -0.307. The van der Waals surface area contributed by atoms with Gasteiger partial charge in [-0.15, -0.1) is 0 Å². The highest BCUT2D eigenvalue weighted by Crippen LogP contribution is 2.26. The predicted octanol–water partition coefficient (Wildman–Crippen LogP) is 3.61. The van der Waals surface area contributed by atoms with Crippen LogP contribution in [0.4, 0.5) is 4.39 Å². The number of hydrogen-bond donors (Lipinski definition) is 1. The van der Waals surface area contributed by atoms with Crippen LogP contribution in [0.2, 0.25) is 0 Å². The van der Waals surface area contributed by atoms with Gasteiger partial charge >= 0.3 is 0 Å². The van der Waals surface area contributed by atoms with E-state index in [1.165, 1.54) is 6.07 Å². The van der Waals surface area contributed by atoms with E-state index < -0.39 is 0 Å². The number of para-hydroxylation sites is 1. The van der Waals surface area contributed by atoms with Gasteiger partial charge < -0.3 is 14.8 Å². The molecule has 150 valence electrons. The fourth-order valence-corrected chi connectivity index (χ4v) is 3.89. The van der Waals surface area contributed by atoms with Crippen molar-refractivity contribution in [3.63, 3.8) is 0 Å². The number of nitrogens with zero attached hydrogens (tertiary/aromatic N) is 2. The van der Waals surface area contributed by atoms with Gasteiger partial charge in [0.15, 0.2) is 0 Å². The van der Waals surface area contributed by atoms with E-state index in [4.69, 9.17) is 0 Å². The summed E-state index contributed by atoms with van der Waals surface area (Å²) >= 11 is 0. The number of carbonyl (C=O) groups is 2. The topological polar surface area (TPSA) is 54.3 Å². The molecule has 0 spiro atoms. The van der Waals surface area contributed by atoms with Gasteiger partial charge in [0.25, 0.3) is 5.91 Å². The zero-order valence-electron chi connectivity index (χ0n) is 16.8. The highest BCUT2D eigenvalue weighted by atomic mass is 19.1. The molecule has 0 saturated carbocycles. The summed E-state index contributed by atoms with van der Waals surface area (Å²) in [6.45, 7) is 7.57. The summed E-state index contributed by atoms with van der Waals surface area (Å²) in [5, 5.41) is 2.94. The fraction of sp³-hybridized carbons (Fsp3) is 0.455. The van der Waals surface area contributed by atoms with Crippen molar-refractivity contribution in [2.45, 2.75) is 40.0 Å². The van der Waals surface area contributed by atoms with Gasteiger partial charge in [0, 0.05) is 36.9 Å². The first-order valence-corrected chi connectivity index (χ1v) is 9.94. The number of aromatic nitrogens is 1. The second kappa shape index (κ2) is 8.59. The van der Waals surface area contributed by atoms with Gasteiger partial charge in [-0.05, 0) is 51.3 Å². The SMILES string of the molecule is CCCNC(=O)C1CCN(C(=O)c2cc(C)n(-c3ccccc3F)c2C)CC1. The third-order valence-corrected chi connectivity index (χ3v) is 5.46. The molecule has 0 atom stereocenters. The van der Waals surface area contributed by atoms with Gasteiger partial charge in [-0.3, -0.25) is 9.59 Å². The van der Waals surface area contributed by atoms with E-state index in [9.17, 15) is 14.0 Å². The third-order valence-electron chi connectivity index (χ3n) is 5.46. The lowest BCUT2D eigenvalue weighted by molar-refractivity contribution is -0.126. The highest BCUT2D eigenvalue weighted by Gasteiger charge is 2.29. The monoisotopic (exact) mass is 385 g/mol. The Morgan fingerprint density at radius 3 is 2.50 bits per heavy atom. The maximum atomic E-state index is 14.3. The average Bonchev–Trinajstić information content (AvgIpc) is 3.00. The van der Waals surface area contributed by atoms with Crippen molar-refractivity contribution in [3.8, 4) is 5.69 Å². The first-order chi connectivity index (χ1) is 13.4. The summed E-state index contributed by atoms with van der Waals surface area (Å²) in [4.78, 5) is 27.0. The number of rotatable bonds is 5. The molecule has 1 aromatic heterocycles. The lowest BCUT2D eigenvalue weighted by atomic mass is 9.95. The molecule has 2 heterocycles. The van der Waals surface area contributed by atoms with E-state index in [-0.39, 0.29) is 23.5 Å². The first kappa shape index (κ1) is 20.1. The summed E-state index contributed by atoms with van der Waals surface area (Å²) in [6.07, 6.45) is 2.27. The summed E-state index contributed by atoms with van der Waals surface area (Å²) in [7, 11) is 0. The van der Waals surface area contributed by atoms with Crippen molar-refractivity contribution in [2.75, 3.05) is 19.6 Å². The van der Waals surface area contributed by atoms with Crippen LogP contribution in [0, 0.1) is 25.6 Å². The van der Waals surface area contributed by atoms with E-state index in [1.807, 2.05) is 26.8 Å². The predicted molar refractivity (Wildman–Crippen MR) is 107 cm³/mol. The Labute approximate surface area is 165 Å². The van der Waals surface area contributed by atoms with Crippen molar-refractivity contribution in [3.05, 3.63) is 53.1 Å². The number of piperidine rings is 1. The second-order valence-corrected chi connectivity index (χ2v) is 7.43. The smallest absolute Gasteiger partial charge is 0.255 e. The number of hydrogen-bond acceptors (Lipinski definition) is 2. The zero-order chi connectivity index (χ0) is 20.3. The molecule has 28 heavy (non-hydrogen) atoms. The molecule has 2 amide bonds. The molecule has 2 aromatic rings. The number of carbonyl (C=O) groups excluding carboxylic acids is 2. The summed E-state index contributed by atoms with van der Waals surface area (Å²) < 4.78 is 16.0. The molecule has 6 heteroatoms. The van der Waals surface area contributed by atoms with Crippen LogP contribution in [0.1, 0.15) is 47.9 Å². The van der Waals surface area contributed by atoms with Crippen LogP contribution in [0.25, 0.3) is 5.69 Å². The van der Waals surface area contributed by atoms with E-state index >= 15 is 0 Å². The first-order valence-electron chi connectivity index (χ1n) is 9.94. The van der Waals surface area contributed by atoms with Crippen LogP contribution in [-0.4, -0.2) is 40.9 Å². The Hall–Kier alpha value is -2.63. The Kier molecular flexibility index (Phi) is 6.17. The lowest BCUT2D eigenvalue weighted by Gasteiger charge is -2.31. The minimum absolute atomic E-state index is 0.0264. The number of nitrogens with one attached hydrogen (secondary N) is 1. The van der Waals surface area contributed by atoms with E-state index in [0.717, 1.165) is 17.8 Å². The van der Waals surface area contributed by atoms with Crippen molar-refractivity contribution in [1.29, 1.82) is 0 Å². The Morgan fingerprint density at radius 1 is 1.18 bits per heavy atom. The molecule has 0 unspecified atom stereocenters. The van der Waals surface area contributed by atoms with Crippen LogP contribution in [0.5, 0.6) is 0 Å². The van der Waals surface area contributed by atoms with Crippen molar-refractivity contribution in [2.24, 2.45) is 5.92 Å². The molecule has 1 aliphatic rings. The van der Waals surface area contributed by atoms with Crippen LogP contribution in [0.15, 0.2) is 30.3 Å². The molecule has 1 aromatic carbocycles. The standard InChI is InChI=1S/C22H28FN3O2/c1-4-11-24-21(27)17-9-12-25(13-10-17)22(28)18-14-15(2)26(16(18)3)20-8-6-5-7-19(20)23/h5-8,14,17H,4,9-13H2,1-3H3,(H,24,27). The fourth-order valence-electron chi connectivity index (χ4n) is 3.89. The number of amides is 2. The van der Waals surface area contributed by atoms with Gasteiger partial charge in [-0.25, -0.2) is 4.39 Å². The lowest BCUT2D eigenvalue weighted by Crippen LogP contribution is -2.43. The van der Waals surface area contributed by atoms with E-state index in [2.05, 4.69) is 5.32 Å². The molecular formula is C22H28FN3O2. The number of benzene rings is 1. The zero-order valence-corrected chi connectivity index (χ0v) is 16.8. The molecule has 1 N–H and O–H groups in total. The molecule has 0 aliphatic carbocycles. The van der Waals surface area contributed by atoms with Crippen LogP contribution >= 0.6 is 0 Å². The Morgan fingerprint density at radius 2 is 1.86 bits per heavy atom. The Bertz CT molecular complexity index is 867. The van der Waals surface area contributed by atoms with Crippen molar-refractivity contribution < 1.29 is 14.0 Å². The molecular weight excluding hydrogens is 357 g/mol. The van der Waals surface area contributed by atoms with Gasteiger partial charge in [0.05, 0.1) is 11.3 Å². The van der Waals surface area contributed by atoms with E-state index in [0.29, 0.717) is 43.7 Å². The van der Waals surface area contributed by atoms with E-state index in [1.54, 1.807) is 27.7 Å². The molecule has 1 saturated heterocycles.